The Kier molecular flexibility index (Phi) is 3.01. The van der Waals surface area contributed by atoms with Crippen molar-refractivity contribution in [1.82, 2.24) is 10.2 Å². The Balaban J connectivity index is 2.20. The first-order valence-electron chi connectivity index (χ1n) is 4.28. The van der Waals surface area contributed by atoms with E-state index in [0.717, 1.165) is 13.1 Å². The zero-order valence-electron chi connectivity index (χ0n) is 7.61. The Labute approximate surface area is 71.9 Å². The molecule has 0 spiro atoms. The Morgan fingerprint density at radius 3 is 2.50 bits per heavy atom. The molecular formula is C8H16F2N2. The fourth-order valence-electron chi connectivity index (χ4n) is 1.60. The summed E-state index contributed by atoms with van der Waals surface area (Å²) in [4.78, 5) is 1.79. The standard InChI is InChI=1S/C8H16F2N2/c1-7-3-12(4-7)6-8(9,10)5-11-2/h7,11H,3-6H2,1-2H3. The Morgan fingerprint density at radius 1 is 1.50 bits per heavy atom. The van der Waals surface area contributed by atoms with Gasteiger partial charge in [-0.15, -0.1) is 0 Å². The molecule has 0 bridgehead atoms. The van der Waals surface area contributed by atoms with E-state index in [9.17, 15) is 8.78 Å². The zero-order valence-corrected chi connectivity index (χ0v) is 7.61. The molecular weight excluding hydrogens is 162 g/mol. The number of nitrogens with zero attached hydrogens (tertiary/aromatic N) is 1. The third-order valence-corrected chi connectivity index (χ3v) is 2.03. The van der Waals surface area contributed by atoms with Crippen molar-refractivity contribution in [3.63, 3.8) is 0 Å². The third-order valence-electron chi connectivity index (χ3n) is 2.03. The van der Waals surface area contributed by atoms with E-state index in [0.29, 0.717) is 5.92 Å². The summed E-state index contributed by atoms with van der Waals surface area (Å²) >= 11 is 0. The topological polar surface area (TPSA) is 15.3 Å². The van der Waals surface area contributed by atoms with Crippen LogP contribution < -0.4 is 5.32 Å². The smallest absolute Gasteiger partial charge is 0.272 e. The van der Waals surface area contributed by atoms with Gasteiger partial charge in [0.25, 0.3) is 5.92 Å². The molecule has 12 heavy (non-hydrogen) atoms. The van der Waals surface area contributed by atoms with Gasteiger partial charge in [0.2, 0.25) is 0 Å². The molecule has 0 atom stereocenters. The summed E-state index contributed by atoms with van der Waals surface area (Å²) in [5.41, 5.74) is 0. The van der Waals surface area contributed by atoms with Gasteiger partial charge in [0, 0.05) is 13.1 Å². The molecule has 0 amide bonds. The van der Waals surface area contributed by atoms with Crippen LogP contribution in [-0.2, 0) is 0 Å². The second-order valence-electron chi connectivity index (χ2n) is 3.69. The van der Waals surface area contributed by atoms with Crippen LogP contribution in [0.5, 0.6) is 0 Å². The van der Waals surface area contributed by atoms with E-state index >= 15 is 0 Å². The molecule has 0 saturated carbocycles. The van der Waals surface area contributed by atoms with Crippen molar-refractivity contribution >= 4 is 0 Å². The van der Waals surface area contributed by atoms with Crippen LogP contribution in [0.15, 0.2) is 0 Å². The lowest BCUT2D eigenvalue weighted by Crippen LogP contribution is -2.52. The van der Waals surface area contributed by atoms with Crippen molar-refractivity contribution in [2.45, 2.75) is 12.8 Å². The Hall–Kier alpha value is -0.220. The van der Waals surface area contributed by atoms with Crippen LogP contribution in [0.2, 0.25) is 0 Å². The van der Waals surface area contributed by atoms with Gasteiger partial charge in [0.15, 0.2) is 0 Å². The molecule has 0 aromatic heterocycles. The van der Waals surface area contributed by atoms with Gasteiger partial charge in [0.05, 0.1) is 13.1 Å². The number of rotatable bonds is 4. The molecule has 1 saturated heterocycles. The summed E-state index contributed by atoms with van der Waals surface area (Å²) in [6.45, 7) is 3.39. The lowest BCUT2D eigenvalue weighted by atomic mass is 10.0. The van der Waals surface area contributed by atoms with Crippen molar-refractivity contribution in [1.29, 1.82) is 0 Å². The molecule has 0 aromatic carbocycles. The Morgan fingerprint density at radius 2 is 2.08 bits per heavy atom. The van der Waals surface area contributed by atoms with E-state index in [2.05, 4.69) is 12.2 Å². The third kappa shape index (κ3) is 2.68. The van der Waals surface area contributed by atoms with E-state index in [4.69, 9.17) is 0 Å². The number of halogens is 2. The minimum absolute atomic E-state index is 0.0990. The highest BCUT2D eigenvalue weighted by Crippen LogP contribution is 2.21. The maximum Gasteiger partial charge on any atom is 0.272 e. The largest absolute Gasteiger partial charge is 0.314 e. The molecule has 1 aliphatic rings. The van der Waals surface area contributed by atoms with Crippen molar-refractivity contribution in [2.24, 2.45) is 5.92 Å². The summed E-state index contributed by atoms with van der Waals surface area (Å²) in [5.74, 6) is -1.98. The minimum Gasteiger partial charge on any atom is -0.314 e. The molecule has 2 nitrogen and oxygen atoms in total. The van der Waals surface area contributed by atoms with Crippen LogP contribution in [-0.4, -0.2) is 44.0 Å². The SMILES string of the molecule is CNCC(F)(F)CN1CC(C)C1. The number of nitrogens with one attached hydrogen (secondary N) is 1. The van der Waals surface area contributed by atoms with E-state index < -0.39 is 5.92 Å². The molecule has 4 heteroatoms. The first-order valence-corrected chi connectivity index (χ1v) is 4.28. The predicted octanol–water partition coefficient (Wildman–Crippen LogP) is 0.793. The molecule has 1 aliphatic heterocycles. The molecule has 0 unspecified atom stereocenters. The monoisotopic (exact) mass is 178 g/mol. The number of likely N-dealkylation sites (tertiary alicyclic amines) is 1. The highest BCUT2D eigenvalue weighted by atomic mass is 19.3. The van der Waals surface area contributed by atoms with Crippen molar-refractivity contribution in [3.8, 4) is 0 Å². The number of hydrogen-bond acceptors (Lipinski definition) is 2. The quantitative estimate of drug-likeness (QED) is 0.684. The van der Waals surface area contributed by atoms with Gasteiger partial charge < -0.3 is 5.32 Å². The molecule has 1 heterocycles. The number of alkyl halides is 2. The van der Waals surface area contributed by atoms with Gasteiger partial charge in [-0.1, -0.05) is 6.92 Å². The maximum atomic E-state index is 12.9. The first kappa shape index (κ1) is 9.86. The van der Waals surface area contributed by atoms with Gasteiger partial charge in [-0.3, -0.25) is 4.90 Å². The van der Waals surface area contributed by atoms with Gasteiger partial charge in [-0.2, -0.15) is 0 Å². The molecule has 0 aliphatic carbocycles. The van der Waals surface area contributed by atoms with Gasteiger partial charge in [-0.25, -0.2) is 8.78 Å². The van der Waals surface area contributed by atoms with E-state index in [1.165, 1.54) is 0 Å². The molecule has 1 fully saturated rings. The summed E-state index contributed by atoms with van der Waals surface area (Å²) in [7, 11) is 1.55. The van der Waals surface area contributed by atoms with Gasteiger partial charge in [0.1, 0.15) is 0 Å². The van der Waals surface area contributed by atoms with Crippen LogP contribution in [0.4, 0.5) is 8.78 Å². The van der Waals surface area contributed by atoms with Crippen LogP contribution >= 0.6 is 0 Å². The Bertz CT molecular complexity index is 144. The van der Waals surface area contributed by atoms with Gasteiger partial charge in [-0.05, 0) is 13.0 Å². The maximum absolute atomic E-state index is 12.9. The fourth-order valence-corrected chi connectivity index (χ4v) is 1.60. The second-order valence-corrected chi connectivity index (χ2v) is 3.69. The van der Waals surface area contributed by atoms with E-state index in [1.807, 2.05) is 0 Å². The minimum atomic E-state index is -2.57. The molecule has 1 N–H and O–H groups in total. The molecule has 72 valence electrons. The van der Waals surface area contributed by atoms with Crippen molar-refractivity contribution in [3.05, 3.63) is 0 Å². The van der Waals surface area contributed by atoms with Crippen LogP contribution in [0, 0.1) is 5.92 Å². The average molecular weight is 178 g/mol. The second kappa shape index (κ2) is 3.66. The number of hydrogen-bond donors (Lipinski definition) is 1. The summed E-state index contributed by atoms with van der Waals surface area (Å²) < 4.78 is 25.8. The van der Waals surface area contributed by atoms with E-state index in [1.54, 1.807) is 11.9 Å². The van der Waals surface area contributed by atoms with Crippen LogP contribution in [0.25, 0.3) is 0 Å². The lowest BCUT2D eigenvalue weighted by Gasteiger charge is -2.39. The van der Waals surface area contributed by atoms with Gasteiger partial charge >= 0.3 is 0 Å². The molecule has 1 rings (SSSR count). The summed E-state index contributed by atoms with van der Waals surface area (Å²) in [6.07, 6.45) is 0. The predicted molar refractivity (Wildman–Crippen MR) is 44.5 cm³/mol. The van der Waals surface area contributed by atoms with Crippen LogP contribution in [0.3, 0.4) is 0 Å². The van der Waals surface area contributed by atoms with Crippen LogP contribution in [0.1, 0.15) is 6.92 Å². The average Bonchev–Trinajstić information content (AvgIpc) is 1.83. The molecule has 0 aromatic rings. The zero-order chi connectivity index (χ0) is 9.19. The molecule has 0 radical (unpaired) electrons. The lowest BCUT2D eigenvalue weighted by molar-refractivity contribution is -0.0548. The van der Waals surface area contributed by atoms with Crippen molar-refractivity contribution < 1.29 is 8.78 Å². The fraction of sp³-hybridized carbons (Fsp3) is 1.00. The highest BCUT2D eigenvalue weighted by molar-refractivity contribution is 4.82. The summed E-state index contributed by atoms with van der Waals surface area (Å²) in [6, 6.07) is 0. The summed E-state index contributed by atoms with van der Waals surface area (Å²) in [5, 5.41) is 2.50. The normalized spacial score (nSPS) is 21.0. The van der Waals surface area contributed by atoms with E-state index in [-0.39, 0.29) is 13.1 Å². The van der Waals surface area contributed by atoms with Crippen molar-refractivity contribution in [2.75, 3.05) is 33.2 Å². The first-order chi connectivity index (χ1) is 5.53. The highest BCUT2D eigenvalue weighted by Gasteiger charge is 2.34.